The van der Waals surface area contributed by atoms with Crippen molar-refractivity contribution < 1.29 is 9.59 Å². The Bertz CT molecular complexity index is 1180. The van der Waals surface area contributed by atoms with E-state index in [2.05, 4.69) is 4.98 Å². The minimum Gasteiger partial charge on any atom is -0.325 e. The van der Waals surface area contributed by atoms with E-state index in [1.54, 1.807) is 56.8 Å². The van der Waals surface area contributed by atoms with E-state index in [0.717, 1.165) is 35.8 Å². The molecule has 1 aromatic heterocycles. The Labute approximate surface area is 255 Å². The van der Waals surface area contributed by atoms with Crippen molar-refractivity contribution in [3.05, 3.63) is 52.6 Å². The van der Waals surface area contributed by atoms with Gasteiger partial charge in [0.25, 0.3) is 0 Å². The molecule has 0 radical (unpaired) electrons. The second kappa shape index (κ2) is 13.9. The number of imidazole rings is 1. The standard InChI is InChI=1S/C37H54N2O2P/c1-28-38-34-35(37(41)33-25-15-14-24-32(33)36(34)40)39(28)26-16-3-2-4-17-27-42(29-18-8-5-9-19-29,30-20-10-6-11-21-30)31-22-12-7-13-23-31/h14-15,24-25,29-31H,2-13,16-23,26-27H2,1H3/q+1. The molecule has 2 aromatic rings. The molecule has 42 heavy (non-hydrogen) atoms. The average Bonchev–Trinajstić information content (AvgIpc) is 3.38. The predicted molar refractivity (Wildman–Crippen MR) is 176 cm³/mol. The number of rotatable bonds is 11. The first-order chi connectivity index (χ1) is 20.6. The molecule has 4 aliphatic carbocycles. The fourth-order valence-corrected chi connectivity index (χ4v) is 17.3. The average molecular weight is 590 g/mol. The molecule has 1 heterocycles. The third-order valence-electron chi connectivity index (χ3n) is 11.7. The van der Waals surface area contributed by atoms with E-state index < -0.39 is 7.26 Å². The molecule has 0 atom stereocenters. The maximum absolute atomic E-state index is 13.3. The summed E-state index contributed by atoms with van der Waals surface area (Å²) in [5, 5.41) is 0. The van der Waals surface area contributed by atoms with Crippen LogP contribution in [0.3, 0.4) is 0 Å². The third-order valence-corrected chi connectivity index (χ3v) is 18.4. The van der Waals surface area contributed by atoms with Crippen molar-refractivity contribution >= 4 is 18.8 Å². The summed E-state index contributed by atoms with van der Waals surface area (Å²) in [5.41, 5.74) is 5.17. The van der Waals surface area contributed by atoms with Gasteiger partial charge in [-0.2, -0.15) is 0 Å². The van der Waals surface area contributed by atoms with Crippen LogP contribution in [-0.4, -0.2) is 44.3 Å². The lowest BCUT2D eigenvalue weighted by Crippen LogP contribution is -2.37. The first-order valence-corrected chi connectivity index (χ1v) is 19.9. The zero-order chi connectivity index (χ0) is 28.9. The van der Waals surface area contributed by atoms with Gasteiger partial charge >= 0.3 is 0 Å². The van der Waals surface area contributed by atoms with Crippen molar-refractivity contribution in [2.45, 2.75) is 159 Å². The smallest absolute Gasteiger partial charge is 0.214 e. The van der Waals surface area contributed by atoms with Gasteiger partial charge in [-0.1, -0.05) is 56.4 Å². The van der Waals surface area contributed by atoms with Gasteiger partial charge < -0.3 is 4.57 Å². The number of unbranched alkanes of at least 4 members (excludes halogenated alkanes) is 4. The van der Waals surface area contributed by atoms with Crippen LogP contribution in [0.25, 0.3) is 0 Å². The molecule has 1 aromatic carbocycles. The van der Waals surface area contributed by atoms with Crippen molar-refractivity contribution in [2.75, 3.05) is 6.16 Å². The number of ketones is 2. The van der Waals surface area contributed by atoms with Gasteiger partial charge in [-0.15, -0.1) is 0 Å². The molecule has 0 unspecified atom stereocenters. The van der Waals surface area contributed by atoms with Gasteiger partial charge in [0.15, 0.2) is 0 Å². The highest BCUT2D eigenvalue weighted by Gasteiger charge is 2.56. The predicted octanol–water partition coefficient (Wildman–Crippen LogP) is 9.93. The van der Waals surface area contributed by atoms with Gasteiger partial charge in [-0.05, 0) is 103 Å². The quantitative estimate of drug-likeness (QED) is 0.165. The molecule has 0 bridgehead atoms. The van der Waals surface area contributed by atoms with Crippen molar-refractivity contribution in [3.8, 4) is 0 Å². The highest BCUT2D eigenvalue weighted by Crippen LogP contribution is 2.77. The lowest BCUT2D eigenvalue weighted by atomic mass is 9.90. The van der Waals surface area contributed by atoms with E-state index in [-0.39, 0.29) is 11.6 Å². The van der Waals surface area contributed by atoms with Gasteiger partial charge in [0.2, 0.25) is 11.6 Å². The summed E-state index contributed by atoms with van der Waals surface area (Å²) in [6.45, 7) is 2.72. The lowest BCUT2D eigenvalue weighted by Gasteiger charge is -2.49. The summed E-state index contributed by atoms with van der Waals surface area (Å²) in [6, 6.07) is 7.20. The van der Waals surface area contributed by atoms with Gasteiger partial charge in [-0.25, -0.2) is 4.98 Å². The first kappa shape index (κ1) is 30.2. The summed E-state index contributed by atoms with van der Waals surface area (Å²) in [4.78, 5) is 31.0. The van der Waals surface area contributed by atoms with Crippen molar-refractivity contribution in [1.29, 1.82) is 0 Å². The van der Waals surface area contributed by atoms with Crippen molar-refractivity contribution in [1.82, 2.24) is 9.55 Å². The number of benzene rings is 1. The van der Waals surface area contributed by atoms with E-state index in [0.29, 0.717) is 22.5 Å². The van der Waals surface area contributed by atoms with Gasteiger partial charge in [0.05, 0.1) is 23.1 Å². The van der Waals surface area contributed by atoms with Crippen molar-refractivity contribution in [3.63, 3.8) is 0 Å². The van der Waals surface area contributed by atoms with E-state index in [4.69, 9.17) is 0 Å². The summed E-state index contributed by atoms with van der Waals surface area (Å²) in [5.74, 6) is 0.633. The highest BCUT2D eigenvalue weighted by atomic mass is 31.2. The van der Waals surface area contributed by atoms with Gasteiger partial charge in [0, 0.05) is 24.9 Å². The Hall–Kier alpha value is -1.80. The summed E-state index contributed by atoms with van der Waals surface area (Å²) in [7, 11) is -0.959. The van der Waals surface area contributed by atoms with Crippen LogP contribution in [-0.2, 0) is 6.54 Å². The van der Waals surface area contributed by atoms with Gasteiger partial charge in [0.1, 0.15) is 17.2 Å². The van der Waals surface area contributed by atoms with Crippen LogP contribution >= 0.6 is 7.26 Å². The molecule has 0 N–H and O–H groups in total. The van der Waals surface area contributed by atoms with E-state index in [9.17, 15) is 9.59 Å². The highest BCUT2D eigenvalue weighted by molar-refractivity contribution is 7.77. The second-order valence-electron chi connectivity index (χ2n) is 14.1. The monoisotopic (exact) mass is 589 g/mol. The van der Waals surface area contributed by atoms with E-state index >= 15 is 0 Å². The van der Waals surface area contributed by atoms with Crippen LogP contribution in [0.2, 0.25) is 0 Å². The molecule has 4 aliphatic rings. The molecule has 0 spiro atoms. The van der Waals surface area contributed by atoms with E-state index in [1.165, 1.54) is 83.5 Å². The van der Waals surface area contributed by atoms with Gasteiger partial charge in [-0.3, -0.25) is 9.59 Å². The lowest BCUT2D eigenvalue weighted by molar-refractivity contribution is 0.0970. The Morgan fingerprint density at radius 3 is 1.69 bits per heavy atom. The SMILES string of the molecule is Cc1nc2c(n1CCCCCCC[P+](C1CCCCC1)(C1CCCCC1)C1CCCCC1)C(=O)c1ccccc1C2=O. The molecule has 3 fully saturated rings. The van der Waals surface area contributed by atoms with Crippen LogP contribution in [0.4, 0.5) is 0 Å². The van der Waals surface area contributed by atoms with Crippen LogP contribution in [0.1, 0.15) is 166 Å². The molecule has 5 heteroatoms. The molecule has 0 saturated heterocycles. The molecule has 0 aliphatic heterocycles. The minimum absolute atomic E-state index is 0.0470. The molecule has 3 saturated carbocycles. The minimum atomic E-state index is -0.959. The number of aryl methyl sites for hydroxylation is 1. The Morgan fingerprint density at radius 1 is 0.667 bits per heavy atom. The van der Waals surface area contributed by atoms with Crippen molar-refractivity contribution in [2.24, 2.45) is 0 Å². The molecule has 6 rings (SSSR count). The largest absolute Gasteiger partial charge is 0.325 e. The summed E-state index contributed by atoms with van der Waals surface area (Å²) >= 11 is 0. The number of carbonyl (C=O) groups excluding carboxylic acids is 2. The second-order valence-corrected chi connectivity index (χ2v) is 18.7. The summed E-state index contributed by atoms with van der Waals surface area (Å²) < 4.78 is 2.03. The first-order valence-electron chi connectivity index (χ1n) is 17.7. The number of carbonyl (C=O) groups is 2. The Kier molecular flexibility index (Phi) is 9.99. The third kappa shape index (κ3) is 5.96. The number of nitrogens with zero attached hydrogens (tertiary/aromatic N) is 2. The Balaban J connectivity index is 1.07. The molecular weight excluding hydrogens is 535 g/mol. The topological polar surface area (TPSA) is 52.0 Å². The molecule has 4 nitrogen and oxygen atoms in total. The zero-order valence-corrected chi connectivity index (χ0v) is 27.2. The Morgan fingerprint density at radius 2 is 1.14 bits per heavy atom. The number of fused-ring (bicyclic) bond motifs is 2. The number of hydrogen-bond acceptors (Lipinski definition) is 3. The summed E-state index contributed by atoms with van der Waals surface area (Å²) in [6.07, 6.45) is 30.7. The number of hydrogen-bond donors (Lipinski definition) is 0. The normalized spacial score (nSPS) is 21.0. The number of aromatic nitrogens is 2. The van der Waals surface area contributed by atoms with Crippen LogP contribution in [0, 0.1) is 6.92 Å². The fourth-order valence-electron chi connectivity index (χ4n) is 9.67. The van der Waals surface area contributed by atoms with E-state index in [1.807, 2.05) is 23.6 Å². The molecular formula is C37H54N2O2P+. The zero-order valence-electron chi connectivity index (χ0n) is 26.3. The maximum Gasteiger partial charge on any atom is 0.214 e. The van der Waals surface area contributed by atoms with Crippen LogP contribution in [0.5, 0.6) is 0 Å². The molecule has 0 amide bonds. The van der Waals surface area contributed by atoms with Crippen LogP contribution < -0.4 is 0 Å². The maximum atomic E-state index is 13.3. The fraction of sp³-hybridized carbons (Fsp3) is 0.703. The molecule has 228 valence electrons. The van der Waals surface area contributed by atoms with Crippen LogP contribution in [0.15, 0.2) is 24.3 Å².